The van der Waals surface area contributed by atoms with Gasteiger partial charge < -0.3 is 0 Å². The highest BCUT2D eigenvalue weighted by Gasteiger charge is 2.40. The van der Waals surface area contributed by atoms with Crippen LogP contribution >= 0.6 is 11.8 Å². The molecule has 0 aromatic heterocycles. The van der Waals surface area contributed by atoms with E-state index in [0.29, 0.717) is 0 Å². The van der Waals surface area contributed by atoms with Gasteiger partial charge in [-0.05, 0) is 31.1 Å². The third-order valence-corrected chi connectivity index (χ3v) is 5.69. The maximum absolute atomic E-state index is 2.50. The van der Waals surface area contributed by atoms with Crippen LogP contribution in [0.15, 0.2) is 12.2 Å². The molecule has 1 heterocycles. The van der Waals surface area contributed by atoms with E-state index in [1.807, 2.05) is 0 Å². The molecule has 13 heavy (non-hydrogen) atoms. The van der Waals surface area contributed by atoms with Crippen molar-refractivity contribution in [2.75, 3.05) is 0 Å². The monoisotopic (exact) mass is 194 g/mol. The Labute approximate surface area is 85.2 Å². The summed E-state index contributed by atoms with van der Waals surface area (Å²) in [6, 6.07) is 0. The van der Waals surface area contributed by atoms with Gasteiger partial charge in [0.25, 0.3) is 0 Å². The molecule has 2 aliphatic carbocycles. The van der Waals surface area contributed by atoms with Crippen LogP contribution in [0.25, 0.3) is 0 Å². The first-order chi connectivity index (χ1) is 6.43. The Morgan fingerprint density at radius 1 is 1.00 bits per heavy atom. The molecule has 0 aromatic carbocycles. The first-order valence-corrected chi connectivity index (χ1v) is 6.71. The van der Waals surface area contributed by atoms with Crippen LogP contribution in [0.5, 0.6) is 0 Å². The number of fused-ring (bicyclic) bond motifs is 2. The molecule has 1 saturated heterocycles. The molecule has 0 radical (unpaired) electrons. The molecule has 0 aromatic rings. The molecule has 3 rings (SSSR count). The third kappa shape index (κ3) is 1.45. The summed E-state index contributed by atoms with van der Waals surface area (Å²) in [5.41, 5.74) is 0. The van der Waals surface area contributed by atoms with E-state index in [2.05, 4.69) is 23.9 Å². The smallest absolute Gasteiger partial charge is 0.0236 e. The highest BCUT2D eigenvalue weighted by atomic mass is 32.2. The molecule has 3 aliphatic rings. The summed E-state index contributed by atoms with van der Waals surface area (Å²) in [7, 11) is 0. The first-order valence-electron chi connectivity index (χ1n) is 5.77. The second kappa shape index (κ2) is 3.34. The van der Waals surface area contributed by atoms with Gasteiger partial charge in [0.1, 0.15) is 0 Å². The van der Waals surface area contributed by atoms with Crippen molar-refractivity contribution in [3.63, 3.8) is 0 Å². The van der Waals surface area contributed by atoms with Gasteiger partial charge in [0, 0.05) is 10.5 Å². The molecule has 0 spiro atoms. The summed E-state index contributed by atoms with van der Waals surface area (Å²) in [5.74, 6) is 2.02. The zero-order valence-corrected chi connectivity index (χ0v) is 8.93. The van der Waals surface area contributed by atoms with Crippen molar-refractivity contribution >= 4 is 11.8 Å². The largest absolute Gasteiger partial charge is 0.150 e. The van der Waals surface area contributed by atoms with Crippen molar-refractivity contribution in [3.05, 3.63) is 12.2 Å². The average molecular weight is 194 g/mol. The summed E-state index contributed by atoms with van der Waals surface area (Å²) in [4.78, 5) is 0. The molecule has 72 valence electrons. The molecule has 0 N–H and O–H groups in total. The van der Waals surface area contributed by atoms with Gasteiger partial charge in [0.2, 0.25) is 0 Å². The Morgan fingerprint density at radius 3 is 2.46 bits per heavy atom. The second-order valence-electron chi connectivity index (χ2n) is 4.82. The molecule has 1 aliphatic heterocycles. The molecule has 3 atom stereocenters. The van der Waals surface area contributed by atoms with E-state index in [1.165, 1.54) is 38.5 Å². The lowest BCUT2D eigenvalue weighted by molar-refractivity contribution is 0.324. The quantitative estimate of drug-likeness (QED) is 0.574. The first kappa shape index (κ1) is 8.40. The van der Waals surface area contributed by atoms with Crippen LogP contribution in [0.1, 0.15) is 38.5 Å². The minimum absolute atomic E-state index is 0.900. The van der Waals surface area contributed by atoms with E-state index in [0.717, 1.165) is 22.3 Å². The van der Waals surface area contributed by atoms with Gasteiger partial charge in [-0.15, -0.1) is 0 Å². The minimum atomic E-state index is 0.900. The Morgan fingerprint density at radius 2 is 1.85 bits per heavy atom. The van der Waals surface area contributed by atoms with Crippen molar-refractivity contribution in [1.29, 1.82) is 0 Å². The predicted molar refractivity (Wildman–Crippen MR) is 59.0 cm³/mol. The van der Waals surface area contributed by atoms with Crippen molar-refractivity contribution in [2.24, 2.45) is 11.8 Å². The summed E-state index contributed by atoms with van der Waals surface area (Å²) < 4.78 is 0. The normalized spacial score (nSPS) is 44.5. The lowest BCUT2D eigenvalue weighted by atomic mass is 9.82. The van der Waals surface area contributed by atoms with Crippen LogP contribution in [0.4, 0.5) is 0 Å². The van der Waals surface area contributed by atoms with Crippen LogP contribution in [0.2, 0.25) is 0 Å². The van der Waals surface area contributed by atoms with E-state index in [1.54, 1.807) is 0 Å². The van der Waals surface area contributed by atoms with E-state index in [9.17, 15) is 0 Å². The minimum Gasteiger partial charge on any atom is -0.150 e. The molecule has 1 heteroatoms. The topological polar surface area (TPSA) is 0 Å². The van der Waals surface area contributed by atoms with E-state index < -0.39 is 0 Å². The van der Waals surface area contributed by atoms with Gasteiger partial charge in [-0.2, -0.15) is 11.8 Å². The zero-order chi connectivity index (χ0) is 8.67. The fraction of sp³-hybridized carbons (Fsp3) is 0.833. The fourth-order valence-corrected chi connectivity index (χ4v) is 5.08. The van der Waals surface area contributed by atoms with E-state index in [4.69, 9.17) is 0 Å². The van der Waals surface area contributed by atoms with Gasteiger partial charge in [-0.3, -0.25) is 0 Å². The van der Waals surface area contributed by atoms with Gasteiger partial charge in [0.15, 0.2) is 0 Å². The second-order valence-corrected chi connectivity index (χ2v) is 6.24. The molecule has 0 nitrogen and oxygen atoms in total. The van der Waals surface area contributed by atoms with Gasteiger partial charge in [-0.25, -0.2) is 0 Å². The SMILES string of the molecule is C1=CC2CC1SC2C1CCCCC1. The Hall–Kier alpha value is 0.0900. The number of hydrogen-bond acceptors (Lipinski definition) is 1. The summed E-state index contributed by atoms with van der Waals surface area (Å²) in [6.07, 6.45) is 14.0. The maximum atomic E-state index is 2.50. The molecule has 3 unspecified atom stereocenters. The molecular formula is C12H18S. The summed E-state index contributed by atoms with van der Waals surface area (Å²) >= 11 is 2.28. The lowest BCUT2D eigenvalue weighted by Gasteiger charge is -2.30. The predicted octanol–water partition coefficient (Wildman–Crippen LogP) is 3.63. The van der Waals surface area contributed by atoms with Crippen molar-refractivity contribution in [3.8, 4) is 0 Å². The standard InChI is InChI=1S/C12H18S/c1-2-4-9(5-3-1)12-10-6-7-11(8-10)13-12/h6-7,9-12H,1-5,8H2. The van der Waals surface area contributed by atoms with Crippen LogP contribution < -0.4 is 0 Å². The average Bonchev–Trinajstić information content (AvgIpc) is 2.80. The zero-order valence-electron chi connectivity index (χ0n) is 8.11. The van der Waals surface area contributed by atoms with Gasteiger partial charge in [-0.1, -0.05) is 31.4 Å². The van der Waals surface area contributed by atoms with Gasteiger partial charge >= 0.3 is 0 Å². The molecule has 0 amide bonds. The third-order valence-electron chi connectivity index (χ3n) is 3.95. The van der Waals surface area contributed by atoms with Crippen molar-refractivity contribution < 1.29 is 0 Å². The van der Waals surface area contributed by atoms with E-state index >= 15 is 0 Å². The maximum Gasteiger partial charge on any atom is 0.0236 e. The Bertz CT molecular complexity index is 215. The molecule has 1 saturated carbocycles. The van der Waals surface area contributed by atoms with E-state index in [-0.39, 0.29) is 0 Å². The number of rotatable bonds is 1. The van der Waals surface area contributed by atoms with Crippen molar-refractivity contribution in [1.82, 2.24) is 0 Å². The highest BCUT2D eigenvalue weighted by molar-refractivity contribution is 8.01. The summed E-state index contributed by atoms with van der Waals surface area (Å²) in [6.45, 7) is 0. The number of thioether (sulfide) groups is 1. The fourth-order valence-electron chi connectivity index (χ4n) is 3.26. The van der Waals surface area contributed by atoms with Crippen LogP contribution in [0, 0.1) is 11.8 Å². The Kier molecular flexibility index (Phi) is 2.16. The Balaban J connectivity index is 1.68. The number of allylic oxidation sites excluding steroid dienone is 1. The van der Waals surface area contributed by atoms with Crippen LogP contribution in [-0.2, 0) is 0 Å². The lowest BCUT2D eigenvalue weighted by Crippen LogP contribution is -2.24. The summed E-state index contributed by atoms with van der Waals surface area (Å²) in [5, 5.41) is 1.91. The molecular weight excluding hydrogens is 176 g/mol. The van der Waals surface area contributed by atoms with Crippen LogP contribution in [0.3, 0.4) is 0 Å². The van der Waals surface area contributed by atoms with Crippen molar-refractivity contribution in [2.45, 2.75) is 49.0 Å². The highest BCUT2D eigenvalue weighted by Crippen LogP contribution is 2.50. The number of hydrogen-bond donors (Lipinski definition) is 0. The molecule has 2 bridgehead atoms. The molecule has 2 fully saturated rings. The van der Waals surface area contributed by atoms with Gasteiger partial charge in [0.05, 0.1) is 0 Å². The van der Waals surface area contributed by atoms with Crippen LogP contribution in [-0.4, -0.2) is 10.5 Å².